The summed E-state index contributed by atoms with van der Waals surface area (Å²) < 4.78 is 6.61. The molecular formula is C23H20N2O2S2. The third-order valence-corrected chi connectivity index (χ3v) is 6.11. The van der Waals surface area contributed by atoms with E-state index in [0.717, 1.165) is 29.1 Å². The van der Waals surface area contributed by atoms with E-state index in [9.17, 15) is 4.79 Å². The summed E-state index contributed by atoms with van der Waals surface area (Å²) in [6, 6.07) is 16.5. The zero-order valence-electron chi connectivity index (χ0n) is 16.0. The third kappa shape index (κ3) is 3.73. The number of allylic oxidation sites excluding steroid dienone is 2. The minimum Gasteiger partial charge on any atom is -0.439 e. The van der Waals surface area contributed by atoms with Crippen LogP contribution in [0.5, 0.6) is 5.75 Å². The average molecular weight is 421 g/mol. The number of fused-ring (bicyclic) bond motifs is 1. The lowest BCUT2D eigenvalue weighted by Crippen LogP contribution is -2.27. The fraction of sp³-hybridized carbons (Fsp3) is 0.130. The van der Waals surface area contributed by atoms with Crippen molar-refractivity contribution in [1.29, 1.82) is 0 Å². The van der Waals surface area contributed by atoms with E-state index in [1.54, 1.807) is 17.1 Å². The van der Waals surface area contributed by atoms with E-state index in [1.807, 2.05) is 30.3 Å². The Balaban J connectivity index is 1.62. The monoisotopic (exact) mass is 420 g/mol. The molecule has 29 heavy (non-hydrogen) atoms. The number of carbonyl (C=O) groups is 1. The number of hydrogen-bond donors (Lipinski definition) is 0. The number of carbonyl (C=O) groups excluding carboxylic acids is 1. The van der Waals surface area contributed by atoms with Crippen LogP contribution in [0.3, 0.4) is 0 Å². The quantitative estimate of drug-likeness (QED) is 0.370. The molecule has 146 valence electrons. The summed E-state index contributed by atoms with van der Waals surface area (Å²) in [6.45, 7) is 6.93. The lowest BCUT2D eigenvalue weighted by Gasteiger charge is -2.15. The van der Waals surface area contributed by atoms with Crippen LogP contribution in [0, 0.1) is 0 Å². The van der Waals surface area contributed by atoms with E-state index >= 15 is 0 Å². The standard InChI is InChI=1S/C23H20N2O2S2/c1-3-14-25-22(26)20(29-23(25)28)12-13-21-24(4-2)18-15-17(10-11-19(18)27-21)16-8-6-5-7-9-16/h3,5-13,15H,1,4,14H2,2H3/b20-12-,21-13-. The highest BCUT2D eigenvalue weighted by atomic mass is 32.2. The predicted octanol–water partition coefficient (Wildman–Crippen LogP) is 5.34. The van der Waals surface area contributed by atoms with Gasteiger partial charge in [-0.1, -0.05) is 66.5 Å². The van der Waals surface area contributed by atoms with E-state index in [1.165, 1.54) is 11.8 Å². The Morgan fingerprint density at radius 1 is 1.10 bits per heavy atom. The van der Waals surface area contributed by atoms with Gasteiger partial charge in [-0.2, -0.15) is 0 Å². The van der Waals surface area contributed by atoms with Gasteiger partial charge in [0, 0.05) is 19.2 Å². The van der Waals surface area contributed by atoms with E-state index in [2.05, 4.69) is 42.7 Å². The van der Waals surface area contributed by atoms with Crippen molar-refractivity contribution in [3.8, 4) is 16.9 Å². The van der Waals surface area contributed by atoms with Crippen molar-refractivity contribution in [1.82, 2.24) is 4.90 Å². The van der Waals surface area contributed by atoms with Crippen LogP contribution < -0.4 is 9.64 Å². The molecule has 0 N–H and O–H groups in total. The fourth-order valence-corrected chi connectivity index (χ4v) is 4.53. The number of hydrogen-bond acceptors (Lipinski definition) is 5. The first-order valence-electron chi connectivity index (χ1n) is 9.33. The van der Waals surface area contributed by atoms with Gasteiger partial charge < -0.3 is 9.64 Å². The summed E-state index contributed by atoms with van der Waals surface area (Å²) in [5, 5.41) is 0. The van der Waals surface area contributed by atoms with Crippen LogP contribution in [0.2, 0.25) is 0 Å². The Morgan fingerprint density at radius 2 is 1.90 bits per heavy atom. The normalized spacial score (nSPS) is 18.5. The molecule has 0 bridgehead atoms. The minimum atomic E-state index is -0.0957. The SMILES string of the molecule is C=CCN1C(=O)/C(=C/C=C2\Oc3ccc(-c4ccccc4)cc3N2CC)SC1=S. The van der Waals surface area contributed by atoms with E-state index < -0.39 is 0 Å². The maximum atomic E-state index is 12.5. The molecule has 1 saturated heterocycles. The molecule has 2 aromatic rings. The van der Waals surface area contributed by atoms with Crippen LogP contribution in [0.15, 0.2) is 84.1 Å². The lowest BCUT2D eigenvalue weighted by atomic mass is 10.0. The molecule has 0 aromatic heterocycles. The lowest BCUT2D eigenvalue weighted by molar-refractivity contribution is -0.121. The molecule has 0 aliphatic carbocycles. The summed E-state index contributed by atoms with van der Waals surface area (Å²) in [5.41, 5.74) is 3.32. The Kier molecular flexibility index (Phi) is 5.56. The Morgan fingerprint density at radius 3 is 2.62 bits per heavy atom. The first kappa shape index (κ1) is 19.5. The van der Waals surface area contributed by atoms with Gasteiger partial charge in [0.25, 0.3) is 5.91 Å². The molecule has 0 atom stereocenters. The summed E-state index contributed by atoms with van der Waals surface area (Å²) in [6.07, 6.45) is 5.29. The second-order valence-corrected chi connectivity index (χ2v) is 8.18. The molecule has 6 heteroatoms. The van der Waals surface area contributed by atoms with Crippen LogP contribution in [0.25, 0.3) is 11.1 Å². The van der Waals surface area contributed by atoms with Gasteiger partial charge in [-0.15, -0.1) is 6.58 Å². The number of rotatable bonds is 5. The van der Waals surface area contributed by atoms with Crippen molar-refractivity contribution in [3.05, 3.63) is 84.1 Å². The summed E-state index contributed by atoms with van der Waals surface area (Å²) in [7, 11) is 0. The number of benzene rings is 2. The van der Waals surface area contributed by atoms with Gasteiger partial charge in [-0.3, -0.25) is 9.69 Å². The van der Waals surface area contributed by atoms with Crippen LogP contribution in [-0.4, -0.2) is 28.2 Å². The van der Waals surface area contributed by atoms with E-state index in [0.29, 0.717) is 21.7 Å². The van der Waals surface area contributed by atoms with E-state index in [4.69, 9.17) is 17.0 Å². The topological polar surface area (TPSA) is 32.8 Å². The summed E-state index contributed by atoms with van der Waals surface area (Å²) >= 11 is 6.59. The molecule has 1 fully saturated rings. The summed E-state index contributed by atoms with van der Waals surface area (Å²) in [4.78, 5) is 16.7. The Labute approximate surface area is 180 Å². The third-order valence-electron chi connectivity index (χ3n) is 4.72. The second-order valence-electron chi connectivity index (χ2n) is 6.50. The molecule has 0 radical (unpaired) electrons. The molecule has 2 aliphatic rings. The van der Waals surface area contributed by atoms with Crippen molar-refractivity contribution in [2.24, 2.45) is 0 Å². The first-order valence-corrected chi connectivity index (χ1v) is 10.6. The smallest absolute Gasteiger partial charge is 0.266 e. The second kappa shape index (κ2) is 8.27. The maximum absolute atomic E-state index is 12.5. The zero-order valence-corrected chi connectivity index (χ0v) is 17.6. The zero-order chi connectivity index (χ0) is 20.4. The number of ether oxygens (including phenoxy) is 1. The molecule has 2 heterocycles. The number of thiocarbonyl (C=S) groups is 1. The molecule has 0 spiro atoms. The average Bonchev–Trinajstić information content (AvgIpc) is 3.23. The Bertz CT molecular complexity index is 1040. The highest BCUT2D eigenvalue weighted by Crippen LogP contribution is 2.41. The molecule has 0 unspecified atom stereocenters. The van der Waals surface area contributed by atoms with Crippen molar-refractivity contribution in [3.63, 3.8) is 0 Å². The molecule has 4 rings (SSSR count). The van der Waals surface area contributed by atoms with Crippen molar-refractivity contribution in [2.45, 2.75) is 6.92 Å². The molecule has 2 aromatic carbocycles. The molecule has 1 amide bonds. The number of nitrogens with zero attached hydrogens (tertiary/aromatic N) is 2. The van der Waals surface area contributed by atoms with Gasteiger partial charge in [0.15, 0.2) is 5.75 Å². The minimum absolute atomic E-state index is 0.0957. The van der Waals surface area contributed by atoms with Gasteiger partial charge in [0.05, 0.1) is 10.6 Å². The molecule has 4 nitrogen and oxygen atoms in total. The Hall–Kier alpha value is -2.83. The summed E-state index contributed by atoms with van der Waals surface area (Å²) in [5.74, 6) is 1.41. The maximum Gasteiger partial charge on any atom is 0.266 e. The van der Waals surface area contributed by atoms with Gasteiger partial charge in [0.1, 0.15) is 4.32 Å². The molecular weight excluding hydrogens is 400 g/mol. The number of thioether (sulfide) groups is 1. The highest BCUT2D eigenvalue weighted by Gasteiger charge is 2.31. The van der Waals surface area contributed by atoms with Crippen LogP contribution in [0.1, 0.15) is 6.92 Å². The van der Waals surface area contributed by atoms with Crippen molar-refractivity contribution in [2.75, 3.05) is 18.0 Å². The fourth-order valence-electron chi connectivity index (χ4n) is 3.31. The van der Waals surface area contributed by atoms with Crippen LogP contribution >= 0.6 is 24.0 Å². The van der Waals surface area contributed by atoms with Gasteiger partial charge in [-0.25, -0.2) is 0 Å². The predicted molar refractivity (Wildman–Crippen MR) is 124 cm³/mol. The highest BCUT2D eigenvalue weighted by molar-refractivity contribution is 8.26. The van der Waals surface area contributed by atoms with Gasteiger partial charge in [0.2, 0.25) is 5.88 Å². The van der Waals surface area contributed by atoms with Crippen LogP contribution in [0.4, 0.5) is 5.69 Å². The molecule has 0 saturated carbocycles. The van der Waals surface area contributed by atoms with Gasteiger partial charge >= 0.3 is 0 Å². The van der Waals surface area contributed by atoms with E-state index in [-0.39, 0.29) is 5.91 Å². The van der Waals surface area contributed by atoms with Crippen molar-refractivity contribution >= 4 is 39.9 Å². The largest absolute Gasteiger partial charge is 0.439 e. The number of anilines is 1. The van der Waals surface area contributed by atoms with Crippen molar-refractivity contribution < 1.29 is 9.53 Å². The number of amides is 1. The molecule has 2 aliphatic heterocycles. The van der Waals surface area contributed by atoms with Crippen LogP contribution in [-0.2, 0) is 4.79 Å². The first-order chi connectivity index (χ1) is 14.1. The van der Waals surface area contributed by atoms with Gasteiger partial charge in [-0.05, 0) is 36.3 Å².